The molecule has 9 nitrogen and oxygen atoms in total. The van der Waals surface area contributed by atoms with Crippen LogP contribution in [0.25, 0.3) is 0 Å². The highest BCUT2D eigenvalue weighted by molar-refractivity contribution is 7.92. The summed E-state index contributed by atoms with van der Waals surface area (Å²) in [7, 11) is -1.32. The second-order valence-electron chi connectivity index (χ2n) is 10.1. The number of methoxy groups -OCH3 is 2. The summed E-state index contributed by atoms with van der Waals surface area (Å²) < 4.78 is 39.9. The molecular weight excluding hydrogens is 578 g/mol. The first-order valence-electron chi connectivity index (χ1n) is 13.6. The first-order valence-corrected chi connectivity index (χ1v) is 15.4. The van der Waals surface area contributed by atoms with E-state index in [0.717, 1.165) is 9.87 Å². The highest BCUT2D eigenvalue weighted by Crippen LogP contribution is 2.34. The number of nitrogens with zero attached hydrogens (tertiary/aromatic N) is 2. The highest BCUT2D eigenvalue weighted by Gasteiger charge is 2.34. The predicted octanol–water partition coefficient (Wildman–Crippen LogP) is 5.19. The van der Waals surface area contributed by atoms with Crippen LogP contribution in [0.1, 0.15) is 38.3 Å². The number of amides is 2. The van der Waals surface area contributed by atoms with Crippen LogP contribution < -0.4 is 19.1 Å². The Labute approximate surface area is 253 Å². The molecule has 11 heteroatoms. The zero-order valence-electron chi connectivity index (χ0n) is 24.8. The maximum absolute atomic E-state index is 14.2. The Balaban J connectivity index is 2.13. The van der Waals surface area contributed by atoms with Gasteiger partial charge in [-0.3, -0.25) is 13.9 Å². The lowest BCUT2D eigenvalue weighted by molar-refractivity contribution is -0.140. The summed E-state index contributed by atoms with van der Waals surface area (Å²) in [5.41, 5.74) is 1.71. The van der Waals surface area contributed by atoms with E-state index >= 15 is 0 Å². The Kier molecular flexibility index (Phi) is 11.2. The van der Waals surface area contributed by atoms with Crippen molar-refractivity contribution in [3.63, 3.8) is 0 Å². The molecule has 226 valence electrons. The Morgan fingerprint density at radius 1 is 0.952 bits per heavy atom. The molecule has 2 amide bonds. The lowest BCUT2D eigenvalue weighted by Gasteiger charge is -2.33. The molecule has 0 bridgehead atoms. The van der Waals surface area contributed by atoms with E-state index in [1.807, 2.05) is 20.8 Å². The van der Waals surface area contributed by atoms with Crippen molar-refractivity contribution in [1.29, 1.82) is 0 Å². The first-order chi connectivity index (χ1) is 19.9. The summed E-state index contributed by atoms with van der Waals surface area (Å²) in [6.45, 7) is 6.74. The van der Waals surface area contributed by atoms with E-state index in [0.29, 0.717) is 28.5 Å². The summed E-state index contributed by atoms with van der Waals surface area (Å²) in [5, 5.41) is 3.30. The average Bonchev–Trinajstić information content (AvgIpc) is 2.96. The fraction of sp³-hybridized carbons (Fsp3) is 0.355. The fourth-order valence-corrected chi connectivity index (χ4v) is 6.06. The van der Waals surface area contributed by atoms with E-state index in [1.54, 1.807) is 55.5 Å². The molecule has 0 heterocycles. The van der Waals surface area contributed by atoms with Crippen molar-refractivity contribution in [2.24, 2.45) is 0 Å². The van der Waals surface area contributed by atoms with Crippen LogP contribution in [0, 0.1) is 6.92 Å². The minimum Gasteiger partial charge on any atom is -0.493 e. The molecule has 0 saturated carbocycles. The fourth-order valence-electron chi connectivity index (χ4n) is 4.46. The Bertz CT molecular complexity index is 1490. The van der Waals surface area contributed by atoms with Gasteiger partial charge in [0, 0.05) is 23.7 Å². The molecule has 3 aromatic carbocycles. The quantitative estimate of drug-likeness (QED) is 0.284. The average molecular weight is 616 g/mol. The Morgan fingerprint density at radius 3 is 2.17 bits per heavy atom. The van der Waals surface area contributed by atoms with Crippen molar-refractivity contribution >= 4 is 39.1 Å². The van der Waals surface area contributed by atoms with Gasteiger partial charge < -0.3 is 19.7 Å². The van der Waals surface area contributed by atoms with Crippen molar-refractivity contribution in [1.82, 2.24) is 10.2 Å². The zero-order valence-corrected chi connectivity index (χ0v) is 26.3. The Hall–Kier alpha value is -3.76. The number of ether oxygens (including phenoxy) is 2. The van der Waals surface area contributed by atoms with E-state index < -0.39 is 28.5 Å². The number of anilines is 1. The number of aryl methyl sites for hydroxylation is 1. The van der Waals surface area contributed by atoms with Crippen LogP contribution in [0.4, 0.5) is 5.69 Å². The Morgan fingerprint density at radius 2 is 1.60 bits per heavy atom. The molecule has 0 aliphatic heterocycles. The van der Waals surface area contributed by atoms with Gasteiger partial charge >= 0.3 is 0 Å². The normalized spacial score (nSPS) is 12.0. The second kappa shape index (κ2) is 14.4. The molecular formula is C31H38ClN3O6S. The molecule has 0 aromatic heterocycles. The summed E-state index contributed by atoms with van der Waals surface area (Å²) in [4.78, 5) is 28.8. The van der Waals surface area contributed by atoms with Gasteiger partial charge in [-0.2, -0.15) is 0 Å². The summed E-state index contributed by atoms with van der Waals surface area (Å²) >= 11 is 6.44. The standard InChI is InChI=1S/C31H38ClN3O6S/c1-7-27(31(37)33-21(2)3)34(19-23-10-8-9-11-26(23)32)30(36)20-35(24-14-17-28(40-5)29(18-24)41-6)42(38,39)25-15-12-22(4)13-16-25/h8-18,21,27H,7,19-20H2,1-6H3,(H,33,37)/t27-/m0/s1. The number of rotatable bonds is 13. The van der Waals surface area contributed by atoms with Gasteiger partial charge in [0.25, 0.3) is 10.0 Å². The van der Waals surface area contributed by atoms with Crippen molar-refractivity contribution in [2.45, 2.75) is 57.6 Å². The third-order valence-electron chi connectivity index (χ3n) is 6.66. The minimum absolute atomic E-state index is 0.00683. The SMILES string of the molecule is CC[C@@H](C(=O)NC(C)C)N(Cc1ccccc1Cl)C(=O)CN(c1ccc(OC)c(OC)c1)S(=O)(=O)c1ccc(C)cc1. The number of hydrogen-bond donors (Lipinski definition) is 1. The molecule has 0 spiro atoms. The van der Waals surface area contributed by atoms with Gasteiger partial charge in [-0.05, 0) is 63.1 Å². The number of sulfonamides is 1. The van der Waals surface area contributed by atoms with Gasteiger partial charge in [-0.1, -0.05) is 54.4 Å². The van der Waals surface area contributed by atoms with Crippen molar-refractivity contribution < 1.29 is 27.5 Å². The van der Waals surface area contributed by atoms with Crippen LogP contribution in [-0.2, 0) is 26.2 Å². The maximum atomic E-state index is 14.2. The number of carbonyl (C=O) groups excluding carboxylic acids is 2. The second-order valence-corrected chi connectivity index (χ2v) is 12.3. The number of benzene rings is 3. The predicted molar refractivity (Wildman–Crippen MR) is 165 cm³/mol. The van der Waals surface area contributed by atoms with Crippen LogP contribution >= 0.6 is 11.6 Å². The molecule has 3 aromatic rings. The third-order valence-corrected chi connectivity index (χ3v) is 8.82. The number of carbonyl (C=O) groups is 2. The molecule has 0 radical (unpaired) electrons. The molecule has 3 rings (SSSR count). The number of halogens is 1. The molecule has 42 heavy (non-hydrogen) atoms. The zero-order chi connectivity index (χ0) is 31.0. The topological polar surface area (TPSA) is 105 Å². The largest absolute Gasteiger partial charge is 0.493 e. The van der Waals surface area contributed by atoms with Crippen molar-refractivity contribution in [3.05, 3.63) is 82.9 Å². The summed E-state index contributed by atoms with van der Waals surface area (Å²) in [6.07, 6.45) is 0.301. The lowest BCUT2D eigenvalue weighted by atomic mass is 10.1. The third kappa shape index (κ3) is 7.74. The van der Waals surface area contributed by atoms with E-state index in [2.05, 4.69) is 5.32 Å². The molecule has 0 aliphatic rings. The van der Waals surface area contributed by atoms with Gasteiger partial charge in [-0.15, -0.1) is 0 Å². The highest BCUT2D eigenvalue weighted by atomic mass is 35.5. The van der Waals surface area contributed by atoms with Gasteiger partial charge in [-0.25, -0.2) is 8.42 Å². The van der Waals surface area contributed by atoms with Gasteiger partial charge in [0.05, 0.1) is 24.8 Å². The lowest BCUT2D eigenvalue weighted by Crippen LogP contribution is -2.53. The van der Waals surface area contributed by atoms with E-state index in [9.17, 15) is 18.0 Å². The van der Waals surface area contributed by atoms with Crippen molar-refractivity contribution in [2.75, 3.05) is 25.1 Å². The monoisotopic (exact) mass is 615 g/mol. The molecule has 0 aliphatic carbocycles. The maximum Gasteiger partial charge on any atom is 0.264 e. The van der Waals surface area contributed by atoms with Gasteiger partial charge in [0.15, 0.2) is 11.5 Å². The van der Waals surface area contributed by atoms with Crippen LogP contribution in [-0.4, -0.2) is 58.0 Å². The molecule has 1 atom stereocenters. The van der Waals surface area contributed by atoms with Crippen molar-refractivity contribution in [3.8, 4) is 11.5 Å². The van der Waals surface area contributed by atoms with Crippen LogP contribution in [0.2, 0.25) is 5.02 Å². The summed E-state index contributed by atoms with van der Waals surface area (Å²) in [5.74, 6) is -0.225. The summed E-state index contributed by atoms with van der Waals surface area (Å²) in [6, 6.07) is 17.0. The van der Waals surface area contributed by atoms with E-state index in [4.69, 9.17) is 21.1 Å². The van der Waals surface area contributed by atoms with Crippen LogP contribution in [0.5, 0.6) is 11.5 Å². The number of hydrogen-bond acceptors (Lipinski definition) is 6. The smallest absolute Gasteiger partial charge is 0.264 e. The number of nitrogens with one attached hydrogen (secondary N) is 1. The molecule has 0 saturated heterocycles. The molecule has 1 N–H and O–H groups in total. The van der Waals surface area contributed by atoms with E-state index in [1.165, 1.54) is 37.3 Å². The van der Waals surface area contributed by atoms with Crippen LogP contribution in [0.3, 0.4) is 0 Å². The molecule has 0 fully saturated rings. The molecule has 0 unspecified atom stereocenters. The van der Waals surface area contributed by atoms with E-state index in [-0.39, 0.29) is 29.1 Å². The van der Waals surface area contributed by atoms with Gasteiger partial charge in [0.1, 0.15) is 12.6 Å². The van der Waals surface area contributed by atoms with Gasteiger partial charge in [0.2, 0.25) is 11.8 Å². The minimum atomic E-state index is -4.23. The first kappa shape index (κ1) is 32.8. The van der Waals surface area contributed by atoms with Crippen LogP contribution in [0.15, 0.2) is 71.6 Å².